The van der Waals surface area contributed by atoms with Crippen molar-refractivity contribution >= 4 is 0 Å². The van der Waals surface area contributed by atoms with Crippen molar-refractivity contribution in [1.82, 2.24) is 9.80 Å². The van der Waals surface area contributed by atoms with E-state index in [-0.39, 0.29) is 25.3 Å². The third-order valence-corrected chi connectivity index (χ3v) is 8.30. The maximum atomic E-state index is 10.6. The van der Waals surface area contributed by atoms with Crippen LogP contribution in [0.25, 0.3) is 0 Å². The lowest BCUT2D eigenvalue weighted by atomic mass is 9.97. The molecule has 2 N–H and O–H groups in total. The van der Waals surface area contributed by atoms with Crippen LogP contribution in [-0.4, -0.2) is 45.3 Å². The molecular weight excluding hydrogens is 540 g/mol. The fraction of sp³-hybridized carbons (Fsp3) is 0.250. The van der Waals surface area contributed by atoms with Crippen LogP contribution >= 0.6 is 0 Å². The van der Waals surface area contributed by atoms with E-state index < -0.39 is 0 Å². The molecule has 0 amide bonds. The Labute approximate surface area is 262 Å². The van der Waals surface area contributed by atoms with Gasteiger partial charge in [0.1, 0.15) is 0 Å². The average molecular weight is 585 g/mol. The summed E-state index contributed by atoms with van der Waals surface area (Å²) in [5.74, 6) is 0. The lowest BCUT2D eigenvalue weighted by Crippen LogP contribution is -2.39. The van der Waals surface area contributed by atoms with Crippen molar-refractivity contribution in [2.24, 2.45) is 0 Å². The van der Waals surface area contributed by atoms with Gasteiger partial charge in [-0.2, -0.15) is 0 Å². The maximum absolute atomic E-state index is 10.6. The molecule has 5 aromatic carbocycles. The molecule has 4 heteroatoms. The highest BCUT2D eigenvalue weighted by Gasteiger charge is 2.22. The topological polar surface area (TPSA) is 46.9 Å². The summed E-state index contributed by atoms with van der Waals surface area (Å²) in [6.07, 6.45) is 1.48. The highest BCUT2D eigenvalue weighted by atomic mass is 16.3. The summed E-state index contributed by atoms with van der Waals surface area (Å²) in [6.45, 7) is 3.21. The molecule has 0 aliphatic heterocycles. The predicted octanol–water partition coefficient (Wildman–Crippen LogP) is 6.90. The van der Waals surface area contributed by atoms with Crippen LogP contribution in [0.1, 0.15) is 33.4 Å². The van der Waals surface area contributed by atoms with Crippen molar-refractivity contribution in [2.75, 3.05) is 13.2 Å². The molecule has 0 saturated carbocycles. The summed E-state index contributed by atoms with van der Waals surface area (Å²) in [4.78, 5) is 4.77. The van der Waals surface area contributed by atoms with Crippen LogP contribution in [0.15, 0.2) is 146 Å². The SMILES string of the molecule is OC[C@H](Cc1cccc(C[C@@H](CO)N(Cc2ccccc2)Cc2ccccc2)c1)N(Cc1ccccc1)Cc1ccccc1. The second-order valence-electron chi connectivity index (χ2n) is 11.7. The van der Waals surface area contributed by atoms with E-state index in [1.807, 2.05) is 24.3 Å². The lowest BCUT2D eigenvalue weighted by Gasteiger charge is -2.32. The standard InChI is InChI=1S/C40H44N2O2/c43-31-39(41(27-33-14-5-1-6-15-33)28-34-16-7-2-8-17-34)25-37-22-13-23-38(24-37)26-40(32-44)42(29-35-18-9-3-10-19-35)30-36-20-11-4-12-21-36/h1-24,39-40,43-44H,25-32H2/t39-,40-/m0/s1. The van der Waals surface area contributed by atoms with Gasteiger partial charge in [0, 0.05) is 38.3 Å². The second-order valence-corrected chi connectivity index (χ2v) is 11.7. The molecule has 0 saturated heterocycles. The van der Waals surface area contributed by atoms with Crippen LogP contribution in [0.4, 0.5) is 0 Å². The molecule has 44 heavy (non-hydrogen) atoms. The summed E-state index contributed by atoms with van der Waals surface area (Å²) in [7, 11) is 0. The third kappa shape index (κ3) is 9.47. The first-order chi connectivity index (χ1) is 21.7. The number of aliphatic hydroxyl groups is 2. The minimum absolute atomic E-state index is 0.0352. The Balaban J connectivity index is 1.33. The van der Waals surface area contributed by atoms with Crippen molar-refractivity contribution < 1.29 is 10.2 Å². The average Bonchev–Trinajstić information content (AvgIpc) is 3.08. The predicted molar refractivity (Wildman–Crippen MR) is 180 cm³/mol. The van der Waals surface area contributed by atoms with Gasteiger partial charge in [-0.3, -0.25) is 9.80 Å². The minimum Gasteiger partial charge on any atom is -0.395 e. The fourth-order valence-electron chi connectivity index (χ4n) is 5.95. The minimum atomic E-state index is -0.0352. The smallest absolute Gasteiger partial charge is 0.0590 e. The van der Waals surface area contributed by atoms with Gasteiger partial charge in [0.15, 0.2) is 0 Å². The molecule has 4 nitrogen and oxygen atoms in total. The summed E-state index contributed by atoms with van der Waals surface area (Å²) < 4.78 is 0. The van der Waals surface area contributed by atoms with E-state index in [2.05, 4.69) is 131 Å². The molecule has 5 aromatic rings. The Morgan fingerprint density at radius 1 is 0.364 bits per heavy atom. The van der Waals surface area contributed by atoms with E-state index in [0.717, 1.165) is 39.0 Å². The molecule has 0 spiro atoms. The van der Waals surface area contributed by atoms with Gasteiger partial charge in [-0.25, -0.2) is 0 Å². The molecule has 226 valence electrons. The van der Waals surface area contributed by atoms with Gasteiger partial charge in [-0.15, -0.1) is 0 Å². The number of nitrogens with zero attached hydrogens (tertiary/aromatic N) is 2. The van der Waals surface area contributed by atoms with Gasteiger partial charge in [0.05, 0.1) is 13.2 Å². The van der Waals surface area contributed by atoms with Gasteiger partial charge in [0.25, 0.3) is 0 Å². The number of benzene rings is 5. The van der Waals surface area contributed by atoms with Crippen LogP contribution in [0.2, 0.25) is 0 Å². The van der Waals surface area contributed by atoms with Crippen LogP contribution in [-0.2, 0) is 39.0 Å². The molecule has 0 aliphatic rings. The van der Waals surface area contributed by atoms with Gasteiger partial charge in [-0.1, -0.05) is 146 Å². The highest BCUT2D eigenvalue weighted by Crippen LogP contribution is 2.21. The quantitative estimate of drug-likeness (QED) is 0.133. The third-order valence-electron chi connectivity index (χ3n) is 8.30. The molecular formula is C40H44N2O2. The van der Waals surface area contributed by atoms with E-state index in [0.29, 0.717) is 0 Å². The maximum Gasteiger partial charge on any atom is 0.0590 e. The molecule has 0 heterocycles. The Morgan fingerprint density at radius 3 is 0.909 bits per heavy atom. The van der Waals surface area contributed by atoms with Crippen LogP contribution in [0.3, 0.4) is 0 Å². The molecule has 0 aliphatic carbocycles. The number of hydrogen-bond donors (Lipinski definition) is 2. The van der Waals surface area contributed by atoms with Gasteiger partial charge < -0.3 is 10.2 Å². The largest absolute Gasteiger partial charge is 0.395 e. The summed E-state index contributed by atoms with van der Waals surface area (Å²) in [5, 5.41) is 21.3. The Bertz CT molecular complexity index is 1300. The number of hydrogen-bond acceptors (Lipinski definition) is 4. The monoisotopic (exact) mass is 584 g/mol. The van der Waals surface area contributed by atoms with Gasteiger partial charge in [0.2, 0.25) is 0 Å². The molecule has 0 aromatic heterocycles. The molecule has 0 radical (unpaired) electrons. The lowest BCUT2D eigenvalue weighted by molar-refractivity contribution is 0.108. The van der Waals surface area contributed by atoms with Crippen molar-refractivity contribution in [2.45, 2.75) is 51.1 Å². The molecule has 5 rings (SSSR count). The normalized spacial score (nSPS) is 12.8. The van der Waals surface area contributed by atoms with E-state index >= 15 is 0 Å². The zero-order valence-electron chi connectivity index (χ0n) is 25.5. The summed E-state index contributed by atoms with van der Waals surface area (Å²) >= 11 is 0. The summed E-state index contributed by atoms with van der Waals surface area (Å²) in [6, 6.07) is 50.6. The Kier molecular flexibility index (Phi) is 11.9. The second kappa shape index (κ2) is 16.7. The van der Waals surface area contributed by atoms with E-state index in [1.54, 1.807) is 0 Å². The number of aliphatic hydroxyl groups excluding tert-OH is 2. The first-order valence-electron chi connectivity index (χ1n) is 15.6. The van der Waals surface area contributed by atoms with E-state index in [1.165, 1.54) is 33.4 Å². The zero-order chi connectivity index (χ0) is 30.4. The van der Waals surface area contributed by atoms with Crippen molar-refractivity contribution in [1.29, 1.82) is 0 Å². The first-order valence-corrected chi connectivity index (χ1v) is 15.6. The van der Waals surface area contributed by atoms with E-state index in [9.17, 15) is 10.2 Å². The van der Waals surface area contributed by atoms with Crippen molar-refractivity contribution in [3.8, 4) is 0 Å². The van der Waals surface area contributed by atoms with Crippen LogP contribution in [0, 0.1) is 0 Å². The fourth-order valence-corrected chi connectivity index (χ4v) is 5.95. The molecule has 0 bridgehead atoms. The van der Waals surface area contributed by atoms with Crippen molar-refractivity contribution in [3.63, 3.8) is 0 Å². The van der Waals surface area contributed by atoms with Crippen LogP contribution < -0.4 is 0 Å². The molecule has 0 fully saturated rings. The summed E-state index contributed by atoms with van der Waals surface area (Å²) in [5.41, 5.74) is 7.33. The van der Waals surface area contributed by atoms with E-state index in [4.69, 9.17) is 0 Å². The zero-order valence-corrected chi connectivity index (χ0v) is 25.5. The first kappa shape index (κ1) is 31.4. The Morgan fingerprint density at radius 2 is 0.636 bits per heavy atom. The molecule has 2 atom stereocenters. The Hall–Kier alpha value is -4.06. The van der Waals surface area contributed by atoms with Gasteiger partial charge in [-0.05, 0) is 46.2 Å². The van der Waals surface area contributed by atoms with Gasteiger partial charge >= 0.3 is 0 Å². The number of rotatable bonds is 16. The van der Waals surface area contributed by atoms with Crippen molar-refractivity contribution in [3.05, 3.63) is 179 Å². The molecule has 0 unspecified atom stereocenters. The van der Waals surface area contributed by atoms with Crippen LogP contribution in [0.5, 0.6) is 0 Å². The highest BCUT2D eigenvalue weighted by molar-refractivity contribution is 5.26.